The molecule has 0 saturated heterocycles. The van der Waals surface area contributed by atoms with Gasteiger partial charge in [-0.2, -0.15) is 0 Å². The summed E-state index contributed by atoms with van der Waals surface area (Å²) in [5.41, 5.74) is 6.16. The van der Waals surface area contributed by atoms with Crippen molar-refractivity contribution in [2.75, 3.05) is 6.61 Å². The number of hydrogen-bond donors (Lipinski definition) is 2. The van der Waals surface area contributed by atoms with Gasteiger partial charge in [-0.3, -0.25) is 5.84 Å². The van der Waals surface area contributed by atoms with Crippen molar-refractivity contribution in [2.45, 2.75) is 19.4 Å². The maximum Gasteiger partial charge on any atom is 0.129 e. The molecule has 1 aromatic heterocycles. The minimum Gasteiger partial charge on any atom is -0.493 e. The maximum absolute atomic E-state index is 5.71. The molecule has 2 aromatic rings. The summed E-state index contributed by atoms with van der Waals surface area (Å²) < 4.78 is 11.2. The Morgan fingerprint density at radius 2 is 2.22 bits per heavy atom. The molecule has 1 aliphatic heterocycles. The number of rotatable bonds is 3. The topological polar surface area (TPSA) is 60.4 Å². The Kier molecular flexibility index (Phi) is 2.81. The third kappa shape index (κ3) is 1.70. The average Bonchev–Trinajstić information content (AvgIpc) is 3.00. The van der Waals surface area contributed by atoms with Crippen LogP contribution in [0.2, 0.25) is 0 Å². The van der Waals surface area contributed by atoms with Crippen LogP contribution in [0.25, 0.3) is 0 Å². The number of hydrogen-bond acceptors (Lipinski definition) is 4. The van der Waals surface area contributed by atoms with E-state index in [0.29, 0.717) is 0 Å². The molecule has 0 amide bonds. The van der Waals surface area contributed by atoms with Gasteiger partial charge in [0.15, 0.2) is 0 Å². The van der Waals surface area contributed by atoms with Crippen LogP contribution < -0.4 is 16.0 Å². The summed E-state index contributed by atoms with van der Waals surface area (Å²) in [6.07, 6.45) is 2.64. The van der Waals surface area contributed by atoms with E-state index >= 15 is 0 Å². The lowest BCUT2D eigenvalue weighted by molar-refractivity contribution is 0.347. The molecule has 3 N–H and O–H groups in total. The fourth-order valence-corrected chi connectivity index (χ4v) is 2.45. The molecule has 0 fully saturated rings. The first-order valence-electron chi connectivity index (χ1n) is 6.06. The second-order valence-corrected chi connectivity index (χ2v) is 4.50. The third-order valence-electron chi connectivity index (χ3n) is 3.39. The minimum atomic E-state index is -0.173. The molecule has 0 radical (unpaired) electrons. The largest absolute Gasteiger partial charge is 0.493 e. The summed E-state index contributed by atoms with van der Waals surface area (Å²) in [4.78, 5) is 0. The van der Waals surface area contributed by atoms with Crippen LogP contribution in [0.15, 0.2) is 34.9 Å². The van der Waals surface area contributed by atoms with Crippen LogP contribution in [0.3, 0.4) is 0 Å². The van der Waals surface area contributed by atoms with Crippen LogP contribution in [0.4, 0.5) is 0 Å². The fraction of sp³-hybridized carbons (Fsp3) is 0.286. The molecule has 1 unspecified atom stereocenters. The monoisotopic (exact) mass is 244 g/mol. The van der Waals surface area contributed by atoms with Gasteiger partial charge >= 0.3 is 0 Å². The quantitative estimate of drug-likeness (QED) is 0.641. The van der Waals surface area contributed by atoms with E-state index in [2.05, 4.69) is 11.5 Å². The zero-order valence-corrected chi connectivity index (χ0v) is 10.3. The number of nitrogens with one attached hydrogen (secondary N) is 1. The van der Waals surface area contributed by atoms with Crippen molar-refractivity contribution in [1.82, 2.24) is 5.43 Å². The highest BCUT2D eigenvalue weighted by atomic mass is 16.5. The predicted octanol–water partition coefficient (Wildman–Crippen LogP) is 2.08. The predicted molar refractivity (Wildman–Crippen MR) is 68.3 cm³/mol. The first-order valence-corrected chi connectivity index (χ1v) is 6.06. The van der Waals surface area contributed by atoms with Crippen molar-refractivity contribution in [1.29, 1.82) is 0 Å². The fourth-order valence-electron chi connectivity index (χ4n) is 2.45. The summed E-state index contributed by atoms with van der Waals surface area (Å²) in [7, 11) is 0. The van der Waals surface area contributed by atoms with Crippen molar-refractivity contribution in [3.63, 3.8) is 0 Å². The van der Waals surface area contributed by atoms with E-state index in [0.717, 1.165) is 35.7 Å². The summed E-state index contributed by atoms with van der Waals surface area (Å²) >= 11 is 0. The minimum absolute atomic E-state index is 0.173. The molecule has 94 valence electrons. The second-order valence-electron chi connectivity index (χ2n) is 4.50. The highest BCUT2D eigenvalue weighted by molar-refractivity contribution is 5.48. The van der Waals surface area contributed by atoms with Crippen LogP contribution in [0.5, 0.6) is 5.75 Å². The zero-order valence-electron chi connectivity index (χ0n) is 10.3. The normalized spacial score (nSPS) is 15.2. The first-order chi connectivity index (χ1) is 8.81. The molecule has 1 atom stereocenters. The van der Waals surface area contributed by atoms with Gasteiger partial charge in [0.05, 0.1) is 12.9 Å². The van der Waals surface area contributed by atoms with E-state index in [1.165, 1.54) is 5.56 Å². The van der Waals surface area contributed by atoms with Crippen molar-refractivity contribution in [3.05, 3.63) is 53.0 Å². The standard InChI is InChI=1S/C14H16N2O2/c1-9-5-7-17-13(9)12(16-15)11-4-2-3-10-6-8-18-14(10)11/h2-5,7,12,16H,6,8,15H2,1H3. The Morgan fingerprint density at radius 3 is 2.94 bits per heavy atom. The van der Waals surface area contributed by atoms with E-state index in [9.17, 15) is 0 Å². The maximum atomic E-state index is 5.71. The Labute approximate surface area is 106 Å². The molecule has 2 heterocycles. The number of ether oxygens (including phenoxy) is 1. The van der Waals surface area contributed by atoms with Crippen LogP contribution >= 0.6 is 0 Å². The molecule has 3 rings (SSSR count). The molecule has 1 aliphatic rings. The highest BCUT2D eigenvalue weighted by Gasteiger charge is 2.25. The molecule has 1 aromatic carbocycles. The van der Waals surface area contributed by atoms with Crippen molar-refractivity contribution >= 4 is 0 Å². The van der Waals surface area contributed by atoms with Gasteiger partial charge in [0, 0.05) is 12.0 Å². The van der Waals surface area contributed by atoms with E-state index in [4.69, 9.17) is 15.0 Å². The van der Waals surface area contributed by atoms with Crippen molar-refractivity contribution < 1.29 is 9.15 Å². The van der Waals surface area contributed by atoms with Gasteiger partial charge in [0.25, 0.3) is 0 Å². The van der Waals surface area contributed by atoms with Gasteiger partial charge in [0.1, 0.15) is 17.6 Å². The Morgan fingerprint density at radius 1 is 1.33 bits per heavy atom. The van der Waals surface area contributed by atoms with E-state index in [-0.39, 0.29) is 6.04 Å². The molecule has 18 heavy (non-hydrogen) atoms. The molecule has 0 spiro atoms. The van der Waals surface area contributed by atoms with Crippen LogP contribution in [-0.2, 0) is 6.42 Å². The Balaban J connectivity index is 2.08. The second kappa shape index (κ2) is 4.48. The van der Waals surface area contributed by atoms with E-state index in [1.54, 1.807) is 6.26 Å². The lowest BCUT2D eigenvalue weighted by Crippen LogP contribution is -2.29. The number of para-hydroxylation sites is 1. The Hall–Kier alpha value is -1.78. The molecule has 0 aliphatic carbocycles. The summed E-state index contributed by atoms with van der Waals surface area (Å²) in [6, 6.07) is 7.91. The number of benzene rings is 1. The van der Waals surface area contributed by atoms with Gasteiger partial charge in [0.2, 0.25) is 0 Å². The molecule has 0 bridgehead atoms. The highest BCUT2D eigenvalue weighted by Crippen LogP contribution is 2.36. The summed E-state index contributed by atoms with van der Waals surface area (Å²) in [5, 5.41) is 0. The summed E-state index contributed by atoms with van der Waals surface area (Å²) in [5.74, 6) is 7.47. The zero-order chi connectivity index (χ0) is 12.5. The molecular formula is C14H16N2O2. The van der Waals surface area contributed by atoms with Gasteiger partial charge in [-0.1, -0.05) is 18.2 Å². The lowest BCUT2D eigenvalue weighted by atomic mass is 9.99. The summed E-state index contributed by atoms with van der Waals surface area (Å²) in [6.45, 7) is 2.74. The number of aryl methyl sites for hydroxylation is 1. The van der Waals surface area contributed by atoms with Gasteiger partial charge in [-0.25, -0.2) is 5.43 Å². The SMILES string of the molecule is Cc1ccoc1C(NN)c1cccc2c1OCC2. The lowest BCUT2D eigenvalue weighted by Gasteiger charge is -2.17. The van der Waals surface area contributed by atoms with Crippen molar-refractivity contribution in [3.8, 4) is 5.75 Å². The van der Waals surface area contributed by atoms with Gasteiger partial charge in [-0.15, -0.1) is 0 Å². The van der Waals surface area contributed by atoms with Gasteiger partial charge < -0.3 is 9.15 Å². The average molecular weight is 244 g/mol. The number of nitrogens with two attached hydrogens (primary N) is 1. The van der Waals surface area contributed by atoms with Crippen LogP contribution in [0.1, 0.15) is 28.5 Å². The van der Waals surface area contributed by atoms with Crippen molar-refractivity contribution in [2.24, 2.45) is 5.84 Å². The van der Waals surface area contributed by atoms with Crippen LogP contribution in [0, 0.1) is 6.92 Å². The van der Waals surface area contributed by atoms with E-state index < -0.39 is 0 Å². The number of furan rings is 1. The Bertz CT molecular complexity index is 563. The van der Waals surface area contributed by atoms with Crippen LogP contribution in [-0.4, -0.2) is 6.61 Å². The number of fused-ring (bicyclic) bond motifs is 1. The molecule has 0 saturated carbocycles. The first kappa shape index (κ1) is 11.3. The number of hydrazine groups is 1. The molecule has 4 heteroatoms. The molecular weight excluding hydrogens is 228 g/mol. The smallest absolute Gasteiger partial charge is 0.129 e. The molecule has 4 nitrogen and oxygen atoms in total. The third-order valence-corrected chi connectivity index (χ3v) is 3.39. The van der Waals surface area contributed by atoms with E-state index in [1.807, 2.05) is 25.1 Å². The van der Waals surface area contributed by atoms with Gasteiger partial charge in [-0.05, 0) is 24.1 Å².